The van der Waals surface area contributed by atoms with Crippen molar-refractivity contribution in [3.63, 3.8) is 0 Å². The quantitative estimate of drug-likeness (QED) is 0.672. The predicted molar refractivity (Wildman–Crippen MR) is 71.8 cm³/mol. The molecule has 0 radical (unpaired) electrons. The molecule has 96 valence electrons. The maximum absolute atomic E-state index is 3.56. The van der Waals surface area contributed by atoms with E-state index in [0.29, 0.717) is 0 Å². The van der Waals surface area contributed by atoms with Gasteiger partial charge in [-0.3, -0.25) is 0 Å². The lowest BCUT2D eigenvalue weighted by atomic mass is 10.1. The Morgan fingerprint density at radius 3 is 2.31 bits per heavy atom. The summed E-state index contributed by atoms with van der Waals surface area (Å²) in [5.41, 5.74) is 0.266. The van der Waals surface area contributed by atoms with Gasteiger partial charge in [0.1, 0.15) is 0 Å². The van der Waals surface area contributed by atoms with Crippen LogP contribution in [-0.2, 0) is 0 Å². The van der Waals surface area contributed by atoms with Crippen LogP contribution in [0.3, 0.4) is 0 Å². The van der Waals surface area contributed by atoms with Crippen molar-refractivity contribution in [2.75, 3.05) is 19.6 Å². The Morgan fingerprint density at radius 2 is 1.88 bits per heavy atom. The molecule has 0 aromatic heterocycles. The monoisotopic (exact) mass is 226 g/mol. The fourth-order valence-electron chi connectivity index (χ4n) is 2.08. The van der Waals surface area contributed by atoms with Gasteiger partial charge in [0, 0.05) is 18.1 Å². The highest BCUT2D eigenvalue weighted by Gasteiger charge is 2.28. The molecule has 1 rings (SSSR count). The average molecular weight is 226 g/mol. The summed E-state index contributed by atoms with van der Waals surface area (Å²) in [4.78, 5) is 2.69. The minimum absolute atomic E-state index is 0.266. The third-order valence-electron chi connectivity index (χ3n) is 2.94. The lowest BCUT2D eigenvalue weighted by molar-refractivity contribution is 0.228. The van der Waals surface area contributed by atoms with E-state index in [9.17, 15) is 0 Å². The Bertz CT molecular complexity index is 189. The summed E-state index contributed by atoms with van der Waals surface area (Å²) in [6, 6.07) is 0.914. The van der Waals surface area contributed by atoms with Crippen molar-refractivity contribution < 1.29 is 0 Å². The molecule has 0 atom stereocenters. The molecule has 1 aliphatic carbocycles. The Hall–Kier alpha value is -0.0800. The van der Waals surface area contributed by atoms with Crippen LogP contribution in [0.25, 0.3) is 0 Å². The van der Waals surface area contributed by atoms with Crippen molar-refractivity contribution in [1.29, 1.82) is 0 Å². The molecular formula is C14H30N2. The normalized spacial score (nSPS) is 17.4. The summed E-state index contributed by atoms with van der Waals surface area (Å²) in [6.45, 7) is 15.0. The van der Waals surface area contributed by atoms with Gasteiger partial charge < -0.3 is 10.2 Å². The van der Waals surface area contributed by atoms with Gasteiger partial charge in [0.15, 0.2) is 0 Å². The molecule has 1 fully saturated rings. The van der Waals surface area contributed by atoms with Crippen molar-refractivity contribution in [2.45, 2.75) is 65.5 Å². The van der Waals surface area contributed by atoms with Crippen LogP contribution in [0.5, 0.6) is 0 Å². The lowest BCUT2D eigenvalue weighted by Gasteiger charge is -2.25. The standard InChI is InChI=1S/C14H30N2/c1-12(2)11-16(13-7-8-13)10-6-9-15-14(3,4)5/h12-13,15H,6-11H2,1-5H3. The van der Waals surface area contributed by atoms with E-state index in [2.05, 4.69) is 44.8 Å². The summed E-state index contributed by atoms with van der Waals surface area (Å²) in [5, 5.41) is 3.56. The van der Waals surface area contributed by atoms with Crippen LogP contribution in [0, 0.1) is 5.92 Å². The third kappa shape index (κ3) is 6.49. The van der Waals surface area contributed by atoms with Gasteiger partial charge in [0.25, 0.3) is 0 Å². The fraction of sp³-hybridized carbons (Fsp3) is 1.00. The topological polar surface area (TPSA) is 15.3 Å². The van der Waals surface area contributed by atoms with Crippen LogP contribution in [0.2, 0.25) is 0 Å². The Balaban J connectivity index is 2.13. The SMILES string of the molecule is CC(C)CN(CCCNC(C)(C)C)C1CC1. The number of rotatable bonds is 7. The predicted octanol–water partition coefficient (Wildman–Crippen LogP) is 2.89. The Kier molecular flexibility index (Phi) is 5.26. The van der Waals surface area contributed by atoms with Gasteiger partial charge in [-0.25, -0.2) is 0 Å². The van der Waals surface area contributed by atoms with E-state index in [0.717, 1.165) is 18.5 Å². The first-order valence-electron chi connectivity index (χ1n) is 6.87. The van der Waals surface area contributed by atoms with Crippen LogP contribution in [0.4, 0.5) is 0 Å². The van der Waals surface area contributed by atoms with E-state index in [-0.39, 0.29) is 5.54 Å². The number of hydrogen-bond donors (Lipinski definition) is 1. The molecule has 0 aromatic carbocycles. The van der Waals surface area contributed by atoms with Crippen LogP contribution in [0.15, 0.2) is 0 Å². The molecule has 0 unspecified atom stereocenters. The second-order valence-electron chi connectivity index (χ2n) is 6.65. The summed E-state index contributed by atoms with van der Waals surface area (Å²) in [7, 11) is 0. The summed E-state index contributed by atoms with van der Waals surface area (Å²) >= 11 is 0. The average Bonchev–Trinajstić information content (AvgIpc) is 2.90. The van der Waals surface area contributed by atoms with Crippen LogP contribution < -0.4 is 5.32 Å². The molecule has 2 heteroatoms. The Morgan fingerprint density at radius 1 is 1.25 bits per heavy atom. The first-order valence-corrected chi connectivity index (χ1v) is 6.87. The van der Waals surface area contributed by atoms with Gasteiger partial charge in [0.05, 0.1) is 0 Å². The first-order chi connectivity index (χ1) is 7.38. The molecule has 0 bridgehead atoms. The maximum atomic E-state index is 3.56. The molecule has 0 amide bonds. The van der Waals surface area contributed by atoms with Gasteiger partial charge in [0.2, 0.25) is 0 Å². The smallest absolute Gasteiger partial charge is 0.00965 e. The van der Waals surface area contributed by atoms with Gasteiger partial charge in [-0.15, -0.1) is 0 Å². The second kappa shape index (κ2) is 6.02. The molecule has 16 heavy (non-hydrogen) atoms. The third-order valence-corrected chi connectivity index (χ3v) is 2.94. The molecule has 0 aromatic rings. The second-order valence-corrected chi connectivity index (χ2v) is 6.65. The maximum Gasteiger partial charge on any atom is 0.00965 e. The van der Waals surface area contributed by atoms with Gasteiger partial charge in [-0.2, -0.15) is 0 Å². The van der Waals surface area contributed by atoms with Gasteiger partial charge in [-0.1, -0.05) is 13.8 Å². The van der Waals surface area contributed by atoms with Gasteiger partial charge >= 0.3 is 0 Å². The lowest BCUT2D eigenvalue weighted by Crippen LogP contribution is -2.38. The summed E-state index contributed by atoms with van der Waals surface area (Å²) < 4.78 is 0. The van der Waals surface area contributed by atoms with Crippen LogP contribution >= 0.6 is 0 Å². The van der Waals surface area contributed by atoms with Crippen LogP contribution in [0.1, 0.15) is 53.9 Å². The van der Waals surface area contributed by atoms with Crippen molar-refractivity contribution in [3.8, 4) is 0 Å². The van der Waals surface area contributed by atoms with E-state index in [1.807, 2.05) is 0 Å². The van der Waals surface area contributed by atoms with E-state index in [4.69, 9.17) is 0 Å². The van der Waals surface area contributed by atoms with E-state index in [1.165, 1.54) is 32.4 Å². The number of hydrogen-bond acceptors (Lipinski definition) is 2. The zero-order valence-electron chi connectivity index (χ0n) is 11.8. The van der Waals surface area contributed by atoms with E-state index in [1.54, 1.807) is 0 Å². The molecular weight excluding hydrogens is 196 g/mol. The van der Waals surface area contributed by atoms with Crippen molar-refractivity contribution >= 4 is 0 Å². The molecule has 1 aliphatic rings. The summed E-state index contributed by atoms with van der Waals surface area (Å²) in [6.07, 6.45) is 4.14. The van der Waals surface area contributed by atoms with E-state index < -0.39 is 0 Å². The highest BCUT2D eigenvalue weighted by molar-refractivity contribution is 4.85. The molecule has 0 aliphatic heterocycles. The molecule has 2 nitrogen and oxygen atoms in total. The highest BCUT2D eigenvalue weighted by Crippen LogP contribution is 2.27. The Labute approximate surface area is 102 Å². The molecule has 0 heterocycles. The van der Waals surface area contributed by atoms with Crippen molar-refractivity contribution in [2.24, 2.45) is 5.92 Å². The van der Waals surface area contributed by atoms with Crippen LogP contribution in [-0.4, -0.2) is 36.1 Å². The highest BCUT2D eigenvalue weighted by atomic mass is 15.2. The zero-order valence-corrected chi connectivity index (χ0v) is 11.8. The minimum atomic E-state index is 0.266. The first kappa shape index (κ1) is 14.0. The molecule has 0 spiro atoms. The minimum Gasteiger partial charge on any atom is -0.312 e. The zero-order chi connectivity index (χ0) is 12.2. The summed E-state index contributed by atoms with van der Waals surface area (Å²) in [5.74, 6) is 0.802. The molecule has 0 saturated heterocycles. The van der Waals surface area contributed by atoms with Gasteiger partial charge in [-0.05, 0) is 59.0 Å². The number of nitrogens with zero attached hydrogens (tertiary/aromatic N) is 1. The van der Waals surface area contributed by atoms with E-state index >= 15 is 0 Å². The fourth-order valence-corrected chi connectivity index (χ4v) is 2.08. The number of nitrogens with one attached hydrogen (secondary N) is 1. The largest absolute Gasteiger partial charge is 0.312 e. The molecule has 1 N–H and O–H groups in total. The molecule has 1 saturated carbocycles. The van der Waals surface area contributed by atoms with Crippen molar-refractivity contribution in [1.82, 2.24) is 10.2 Å². The van der Waals surface area contributed by atoms with Crippen molar-refractivity contribution in [3.05, 3.63) is 0 Å².